The Labute approximate surface area is 105 Å². The zero-order valence-corrected chi connectivity index (χ0v) is 10.1. The molecule has 1 N–H and O–H groups in total. The van der Waals surface area contributed by atoms with Crippen LogP contribution in [0.25, 0.3) is 0 Å². The van der Waals surface area contributed by atoms with Crippen LogP contribution in [0.1, 0.15) is 55.3 Å². The van der Waals surface area contributed by atoms with E-state index in [1.165, 1.54) is 18.4 Å². The average Bonchev–Trinajstić information content (AvgIpc) is 3.11. The van der Waals surface area contributed by atoms with Crippen molar-refractivity contribution in [2.75, 3.05) is 0 Å². The zero-order chi connectivity index (χ0) is 13.2. The van der Waals surface area contributed by atoms with Gasteiger partial charge < -0.3 is 5.11 Å². The van der Waals surface area contributed by atoms with E-state index in [4.69, 9.17) is 0 Å². The number of rotatable bonds is 5. The summed E-state index contributed by atoms with van der Waals surface area (Å²) in [7, 11) is 0. The Kier molecular flexibility index (Phi) is 3.95. The maximum absolute atomic E-state index is 12.0. The van der Waals surface area contributed by atoms with Crippen LogP contribution in [0.3, 0.4) is 0 Å². The van der Waals surface area contributed by atoms with Gasteiger partial charge in [0.1, 0.15) is 0 Å². The Morgan fingerprint density at radius 2 is 2.00 bits per heavy atom. The highest BCUT2D eigenvalue weighted by molar-refractivity contribution is 5.30. The highest BCUT2D eigenvalue weighted by Gasteiger charge is 2.27. The van der Waals surface area contributed by atoms with Crippen molar-refractivity contribution in [3.63, 3.8) is 0 Å². The van der Waals surface area contributed by atoms with E-state index in [0.29, 0.717) is 5.92 Å². The highest BCUT2D eigenvalue weighted by Crippen LogP contribution is 2.40. The number of hydrogen-bond acceptors (Lipinski definition) is 1. The minimum atomic E-state index is -4.13. The molecule has 1 aromatic carbocycles. The average molecular weight is 258 g/mol. The second kappa shape index (κ2) is 5.31. The van der Waals surface area contributed by atoms with Gasteiger partial charge in [-0.05, 0) is 42.7 Å². The first-order valence-electron chi connectivity index (χ1n) is 6.30. The lowest BCUT2D eigenvalue weighted by atomic mass is 10.00. The van der Waals surface area contributed by atoms with E-state index in [1.807, 2.05) is 18.2 Å². The summed E-state index contributed by atoms with van der Waals surface area (Å²) in [6.07, 6.45) is -3.26. The first-order valence-corrected chi connectivity index (χ1v) is 6.30. The summed E-state index contributed by atoms with van der Waals surface area (Å²) in [5.74, 6) is 0.590. The molecule has 1 aliphatic carbocycles. The Morgan fingerprint density at radius 3 is 2.61 bits per heavy atom. The van der Waals surface area contributed by atoms with Crippen LogP contribution in [0, 0.1) is 0 Å². The molecular weight excluding hydrogens is 241 g/mol. The first kappa shape index (κ1) is 13.4. The Hall–Kier alpha value is -1.03. The molecule has 0 bridgehead atoms. The predicted molar refractivity (Wildman–Crippen MR) is 63.3 cm³/mol. The fourth-order valence-corrected chi connectivity index (χ4v) is 2.10. The molecule has 18 heavy (non-hydrogen) atoms. The monoisotopic (exact) mass is 258 g/mol. The molecular formula is C14H17F3O. The third kappa shape index (κ3) is 4.02. The van der Waals surface area contributed by atoms with Gasteiger partial charge in [0.05, 0.1) is 6.10 Å². The number of alkyl halides is 3. The fraction of sp³-hybridized carbons (Fsp3) is 0.571. The van der Waals surface area contributed by atoms with Crippen LogP contribution in [0.2, 0.25) is 0 Å². The van der Waals surface area contributed by atoms with Crippen molar-refractivity contribution in [2.24, 2.45) is 0 Å². The summed E-state index contributed by atoms with van der Waals surface area (Å²) in [6, 6.07) is 7.60. The molecule has 0 aliphatic heterocycles. The first-order chi connectivity index (χ1) is 8.46. The summed E-state index contributed by atoms with van der Waals surface area (Å²) in [4.78, 5) is 0. The van der Waals surface area contributed by atoms with E-state index in [-0.39, 0.29) is 12.8 Å². The van der Waals surface area contributed by atoms with Crippen molar-refractivity contribution >= 4 is 0 Å². The topological polar surface area (TPSA) is 20.2 Å². The van der Waals surface area contributed by atoms with Gasteiger partial charge in [0.15, 0.2) is 0 Å². The second-order valence-corrected chi connectivity index (χ2v) is 4.97. The van der Waals surface area contributed by atoms with Crippen molar-refractivity contribution < 1.29 is 18.3 Å². The molecule has 0 heterocycles. The van der Waals surface area contributed by atoms with Crippen molar-refractivity contribution in [3.05, 3.63) is 35.4 Å². The van der Waals surface area contributed by atoms with Gasteiger partial charge in [0.2, 0.25) is 0 Å². The number of benzene rings is 1. The summed E-state index contributed by atoms with van der Waals surface area (Å²) < 4.78 is 36.0. The minimum Gasteiger partial charge on any atom is -0.388 e. The SMILES string of the molecule is OC(CCCC(F)(F)F)c1cccc(C2CC2)c1. The van der Waals surface area contributed by atoms with E-state index in [9.17, 15) is 18.3 Å². The van der Waals surface area contributed by atoms with Gasteiger partial charge in [-0.1, -0.05) is 24.3 Å². The van der Waals surface area contributed by atoms with E-state index in [1.54, 1.807) is 6.07 Å². The third-order valence-corrected chi connectivity index (χ3v) is 3.28. The lowest BCUT2D eigenvalue weighted by molar-refractivity contribution is -0.136. The number of hydrogen-bond donors (Lipinski definition) is 1. The van der Waals surface area contributed by atoms with Crippen LogP contribution in [0.5, 0.6) is 0 Å². The third-order valence-electron chi connectivity index (χ3n) is 3.28. The summed E-state index contributed by atoms with van der Waals surface area (Å²) in [6.45, 7) is 0. The second-order valence-electron chi connectivity index (χ2n) is 4.97. The van der Waals surface area contributed by atoms with Gasteiger partial charge in [-0.3, -0.25) is 0 Å². The Morgan fingerprint density at radius 1 is 1.28 bits per heavy atom. The summed E-state index contributed by atoms with van der Waals surface area (Å²) in [5, 5.41) is 9.88. The standard InChI is InChI=1S/C14H17F3O/c15-14(16,17)8-2-5-13(18)12-4-1-3-11(9-12)10-6-7-10/h1,3-4,9-10,13,18H,2,5-8H2. The molecule has 0 amide bonds. The van der Waals surface area contributed by atoms with Crippen molar-refractivity contribution in [1.82, 2.24) is 0 Å². The van der Waals surface area contributed by atoms with Gasteiger partial charge >= 0.3 is 6.18 Å². The van der Waals surface area contributed by atoms with Crippen LogP contribution < -0.4 is 0 Å². The molecule has 1 unspecified atom stereocenters. The molecule has 100 valence electrons. The fourth-order valence-electron chi connectivity index (χ4n) is 2.10. The van der Waals surface area contributed by atoms with Crippen molar-refractivity contribution in [3.8, 4) is 0 Å². The number of aliphatic hydroxyl groups is 1. The quantitative estimate of drug-likeness (QED) is 0.833. The largest absolute Gasteiger partial charge is 0.389 e. The smallest absolute Gasteiger partial charge is 0.388 e. The predicted octanol–water partition coefficient (Wildman–Crippen LogP) is 4.33. The van der Waals surface area contributed by atoms with E-state index in [0.717, 1.165) is 5.56 Å². The minimum absolute atomic E-state index is 0.0294. The molecule has 4 heteroatoms. The van der Waals surface area contributed by atoms with Crippen LogP contribution in [-0.4, -0.2) is 11.3 Å². The van der Waals surface area contributed by atoms with E-state index >= 15 is 0 Å². The molecule has 1 fully saturated rings. The maximum Gasteiger partial charge on any atom is 0.389 e. The van der Waals surface area contributed by atoms with Crippen LogP contribution in [0.4, 0.5) is 13.2 Å². The lowest BCUT2D eigenvalue weighted by Gasteiger charge is -2.13. The van der Waals surface area contributed by atoms with E-state index in [2.05, 4.69) is 0 Å². The number of aliphatic hydroxyl groups excluding tert-OH is 1. The van der Waals surface area contributed by atoms with Crippen molar-refractivity contribution in [1.29, 1.82) is 0 Å². The number of halogens is 3. The molecule has 1 aromatic rings. The van der Waals surface area contributed by atoms with Gasteiger partial charge in [-0.15, -0.1) is 0 Å². The van der Waals surface area contributed by atoms with E-state index < -0.39 is 18.7 Å². The molecule has 2 rings (SSSR count). The maximum atomic E-state index is 12.0. The van der Waals surface area contributed by atoms with Crippen molar-refractivity contribution in [2.45, 2.75) is 50.3 Å². The van der Waals surface area contributed by atoms with Gasteiger partial charge in [-0.25, -0.2) is 0 Å². The van der Waals surface area contributed by atoms with Crippen LogP contribution in [0.15, 0.2) is 24.3 Å². The lowest BCUT2D eigenvalue weighted by Crippen LogP contribution is -2.08. The van der Waals surface area contributed by atoms with Gasteiger partial charge in [0, 0.05) is 6.42 Å². The Bertz CT molecular complexity index is 396. The zero-order valence-electron chi connectivity index (χ0n) is 10.1. The molecule has 1 atom stereocenters. The van der Waals surface area contributed by atoms with Crippen LogP contribution in [-0.2, 0) is 0 Å². The molecule has 1 nitrogen and oxygen atoms in total. The molecule has 1 aliphatic rings. The molecule has 0 aromatic heterocycles. The molecule has 1 saturated carbocycles. The summed E-state index contributed by atoms with van der Waals surface area (Å²) in [5.41, 5.74) is 1.93. The van der Waals surface area contributed by atoms with Gasteiger partial charge in [-0.2, -0.15) is 13.2 Å². The van der Waals surface area contributed by atoms with Crippen LogP contribution >= 0.6 is 0 Å². The van der Waals surface area contributed by atoms with Gasteiger partial charge in [0.25, 0.3) is 0 Å². The molecule has 0 spiro atoms. The summed E-state index contributed by atoms with van der Waals surface area (Å²) >= 11 is 0. The molecule has 0 radical (unpaired) electrons. The Balaban J connectivity index is 1.88. The molecule has 0 saturated heterocycles. The normalized spacial score (nSPS) is 17.8. The highest BCUT2D eigenvalue weighted by atomic mass is 19.4.